The molecule has 3 rings (SSSR count). The van der Waals surface area contributed by atoms with Gasteiger partial charge in [0, 0.05) is 32.1 Å². The zero-order valence-electron chi connectivity index (χ0n) is 12.0. The van der Waals surface area contributed by atoms with Crippen molar-refractivity contribution >= 4 is 5.91 Å². The van der Waals surface area contributed by atoms with Crippen LogP contribution in [0, 0.1) is 0 Å². The number of fused-ring (bicyclic) bond motifs is 1. The molecule has 0 saturated carbocycles. The molecule has 1 saturated heterocycles. The van der Waals surface area contributed by atoms with Crippen LogP contribution >= 0.6 is 0 Å². The zero-order valence-corrected chi connectivity index (χ0v) is 12.0. The summed E-state index contributed by atoms with van der Waals surface area (Å²) in [7, 11) is 0. The normalized spacial score (nSPS) is 25.8. The molecule has 4 nitrogen and oxygen atoms in total. The molecule has 0 radical (unpaired) electrons. The van der Waals surface area contributed by atoms with Gasteiger partial charge in [-0.3, -0.25) is 4.79 Å². The van der Waals surface area contributed by atoms with Gasteiger partial charge in [-0.25, -0.2) is 0 Å². The number of hydrogen-bond acceptors (Lipinski definition) is 3. The zero-order chi connectivity index (χ0) is 13.9. The summed E-state index contributed by atoms with van der Waals surface area (Å²) in [6.45, 7) is 5.45. The van der Waals surface area contributed by atoms with Crippen LogP contribution < -0.4 is 10.1 Å². The van der Waals surface area contributed by atoms with Crippen molar-refractivity contribution in [2.75, 3.05) is 26.2 Å². The van der Waals surface area contributed by atoms with Gasteiger partial charge in [0.05, 0.1) is 6.61 Å². The third kappa shape index (κ3) is 2.66. The number of piperazine rings is 1. The highest BCUT2D eigenvalue weighted by Crippen LogP contribution is 2.35. The molecule has 1 aromatic carbocycles. The van der Waals surface area contributed by atoms with Crippen molar-refractivity contribution < 1.29 is 9.53 Å². The average Bonchev–Trinajstić information content (AvgIpc) is 2.48. The number of benzene rings is 1. The van der Waals surface area contributed by atoms with E-state index in [1.807, 2.05) is 23.1 Å². The second-order valence-electron chi connectivity index (χ2n) is 5.72. The summed E-state index contributed by atoms with van der Waals surface area (Å²) >= 11 is 0. The highest BCUT2D eigenvalue weighted by atomic mass is 16.5. The molecule has 0 bridgehead atoms. The number of carbonyl (C=O) groups excluding carboxylic acids is 1. The molecule has 1 unspecified atom stereocenters. The number of para-hydroxylation sites is 1. The van der Waals surface area contributed by atoms with E-state index >= 15 is 0 Å². The Morgan fingerprint density at radius 1 is 1.45 bits per heavy atom. The minimum absolute atomic E-state index is 0.278. The molecule has 1 amide bonds. The molecule has 1 N–H and O–H groups in total. The van der Waals surface area contributed by atoms with Gasteiger partial charge >= 0.3 is 0 Å². The molecule has 1 aromatic rings. The lowest BCUT2D eigenvalue weighted by atomic mass is 9.89. The van der Waals surface area contributed by atoms with Crippen LogP contribution in [0.15, 0.2) is 24.3 Å². The third-order valence-corrected chi connectivity index (χ3v) is 4.33. The minimum Gasteiger partial charge on any atom is -0.493 e. The fourth-order valence-electron chi connectivity index (χ4n) is 3.17. The SMILES string of the molecule is C[C@@H]1CNCCN1C(=O)CC1CCOc2ccccc21. The molecule has 1 fully saturated rings. The lowest BCUT2D eigenvalue weighted by molar-refractivity contribution is -0.134. The van der Waals surface area contributed by atoms with Crippen LogP contribution in [0.1, 0.15) is 31.2 Å². The Hall–Kier alpha value is -1.55. The first-order valence-electron chi connectivity index (χ1n) is 7.47. The van der Waals surface area contributed by atoms with E-state index in [4.69, 9.17) is 4.74 Å². The largest absolute Gasteiger partial charge is 0.493 e. The predicted octanol–water partition coefficient (Wildman–Crippen LogP) is 1.76. The Balaban J connectivity index is 1.70. The van der Waals surface area contributed by atoms with Crippen molar-refractivity contribution in [3.63, 3.8) is 0 Å². The fourth-order valence-corrected chi connectivity index (χ4v) is 3.17. The molecule has 2 aliphatic rings. The lowest BCUT2D eigenvalue weighted by Crippen LogP contribution is -2.52. The fraction of sp³-hybridized carbons (Fsp3) is 0.562. The van der Waals surface area contributed by atoms with Crippen molar-refractivity contribution in [2.24, 2.45) is 0 Å². The van der Waals surface area contributed by atoms with Crippen LogP contribution in [0.3, 0.4) is 0 Å². The van der Waals surface area contributed by atoms with Crippen LogP contribution in [0.4, 0.5) is 0 Å². The van der Waals surface area contributed by atoms with Gasteiger partial charge in [-0.05, 0) is 30.9 Å². The Kier molecular flexibility index (Phi) is 3.92. The van der Waals surface area contributed by atoms with Crippen molar-refractivity contribution in [1.82, 2.24) is 10.2 Å². The maximum atomic E-state index is 12.5. The first kappa shape index (κ1) is 13.4. The summed E-state index contributed by atoms with van der Waals surface area (Å²) in [4.78, 5) is 14.6. The lowest BCUT2D eigenvalue weighted by Gasteiger charge is -2.35. The van der Waals surface area contributed by atoms with Crippen molar-refractivity contribution in [3.8, 4) is 5.75 Å². The maximum absolute atomic E-state index is 12.5. The van der Waals surface area contributed by atoms with E-state index in [2.05, 4.69) is 18.3 Å². The molecule has 108 valence electrons. The van der Waals surface area contributed by atoms with Gasteiger partial charge in [0.2, 0.25) is 5.91 Å². The first-order valence-corrected chi connectivity index (χ1v) is 7.47. The molecule has 20 heavy (non-hydrogen) atoms. The third-order valence-electron chi connectivity index (χ3n) is 4.33. The van der Waals surface area contributed by atoms with E-state index in [-0.39, 0.29) is 5.91 Å². The van der Waals surface area contributed by atoms with Gasteiger partial charge in [-0.2, -0.15) is 0 Å². The number of nitrogens with zero attached hydrogens (tertiary/aromatic N) is 1. The van der Waals surface area contributed by atoms with E-state index in [9.17, 15) is 4.79 Å². The van der Waals surface area contributed by atoms with Gasteiger partial charge in [-0.1, -0.05) is 18.2 Å². The van der Waals surface area contributed by atoms with Crippen molar-refractivity contribution in [2.45, 2.75) is 31.7 Å². The van der Waals surface area contributed by atoms with Gasteiger partial charge in [0.25, 0.3) is 0 Å². The molecule has 0 aromatic heterocycles. The first-order chi connectivity index (χ1) is 9.75. The second-order valence-corrected chi connectivity index (χ2v) is 5.72. The van der Waals surface area contributed by atoms with E-state index in [0.29, 0.717) is 25.0 Å². The smallest absolute Gasteiger partial charge is 0.223 e. The number of amides is 1. The Morgan fingerprint density at radius 3 is 3.15 bits per heavy atom. The van der Waals surface area contributed by atoms with Gasteiger partial charge < -0.3 is 15.0 Å². The van der Waals surface area contributed by atoms with Crippen molar-refractivity contribution in [3.05, 3.63) is 29.8 Å². The van der Waals surface area contributed by atoms with Crippen LogP contribution in [0.5, 0.6) is 5.75 Å². The molecule has 0 spiro atoms. The maximum Gasteiger partial charge on any atom is 0.223 e. The molecular weight excluding hydrogens is 252 g/mol. The van der Waals surface area contributed by atoms with E-state index in [1.165, 1.54) is 5.56 Å². The Morgan fingerprint density at radius 2 is 2.30 bits per heavy atom. The number of hydrogen-bond donors (Lipinski definition) is 1. The molecular formula is C16H22N2O2. The van der Waals surface area contributed by atoms with Gasteiger partial charge in [0.1, 0.15) is 5.75 Å². The number of nitrogens with one attached hydrogen (secondary N) is 1. The summed E-state index contributed by atoms with van der Waals surface area (Å²) in [5, 5.41) is 3.32. The van der Waals surface area contributed by atoms with Crippen LogP contribution in [0.2, 0.25) is 0 Å². The van der Waals surface area contributed by atoms with Crippen LogP contribution in [-0.4, -0.2) is 43.1 Å². The number of ether oxygens (including phenoxy) is 1. The molecule has 2 heterocycles. The standard InChI is InChI=1S/C16H22N2O2/c1-12-11-17-7-8-18(12)16(19)10-13-6-9-20-15-5-3-2-4-14(13)15/h2-5,12-13,17H,6-11H2,1H3/t12-,13?/m1/s1. The number of carbonyl (C=O) groups is 1. The summed E-state index contributed by atoms with van der Waals surface area (Å²) in [5.74, 6) is 1.53. The van der Waals surface area contributed by atoms with Gasteiger partial charge in [-0.15, -0.1) is 0 Å². The minimum atomic E-state index is 0.278. The van der Waals surface area contributed by atoms with Crippen LogP contribution in [0.25, 0.3) is 0 Å². The molecule has 2 aliphatic heterocycles. The van der Waals surface area contributed by atoms with E-state index in [1.54, 1.807) is 0 Å². The second kappa shape index (κ2) is 5.83. The van der Waals surface area contributed by atoms with E-state index in [0.717, 1.165) is 31.8 Å². The summed E-state index contributed by atoms with van der Waals surface area (Å²) in [6, 6.07) is 8.40. The Bertz CT molecular complexity index is 489. The molecule has 0 aliphatic carbocycles. The predicted molar refractivity (Wildman–Crippen MR) is 78.0 cm³/mol. The molecule has 2 atom stereocenters. The van der Waals surface area contributed by atoms with Gasteiger partial charge in [0.15, 0.2) is 0 Å². The number of rotatable bonds is 2. The summed E-state index contributed by atoms with van der Waals surface area (Å²) in [5.41, 5.74) is 1.19. The van der Waals surface area contributed by atoms with Crippen molar-refractivity contribution in [1.29, 1.82) is 0 Å². The van der Waals surface area contributed by atoms with E-state index < -0.39 is 0 Å². The highest BCUT2D eigenvalue weighted by molar-refractivity contribution is 5.77. The topological polar surface area (TPSA) is 41.6 Å². The van der Waals surface area contributed by atoms with Crippen LogP contribution in [-0.2, 0) is 4.79 Å². The monoisotopic (exact) mass is 274 g/mol. The summed E-state index contributed by atoms with van der Waals surface area (Å²) in [6.07, 6.45) is 1.54. The summed E-state index contributed by atoms with van der Waals surface area (Å²) < 4.78 is 5.67. The molecule has 4 heteroatoms. The Labute approximate surface area is 120 Å². The highest BCUT2D eigenvalue weighted by Gasteiger charge is 2.28. The average molecular weight is 274 g/mol. The quantitative estimate of drug-likeness (QED) is 0.893.